The van der Waals surface area contributed by atoms with Crippen LogP contribution in [0.2, 0.25) is 0 Å². The summed E-state index contributed by atoms with van der Waals surface area (Å²) in [5.74, 6) is 0.316. The molecule has 0 aromatic rings. The van der Waals surface area contributed by atoms with Crippen molar-refractivity contribution in [2.24, 2.45) is 0 Å². The molecular formula is C13H24N2O. The standard InChI is InChI=1S/C13H24N2O/c1-2-9-15(12-7-8-12)13(16)10-14-11-5-3-4-6-11/h11-12,14H,2-10H2,1H3. The van der Waals surface area contributed by atoms with Gasteiger partial charge in [0.2, 0.25) is 5.91 Å². The molecule has 1 amide bonds. The molecule has 0 atom stereocenters. The highest BCUT2D eigenvalue weighted by atomic mass is 16.2. The van der Waals surface area contributed by atoms with Crippen molar-refractivity contribution in [3.8, 4) is 0 Å². The fourth-order valence-electron chi connectivity index (χ4n) is 2.60. The van der Waals surface area contributed by atoms with Crippen LogP contribution in [0.5, 0.6) is 0 Å². The van der Waals surface area contributed by atoms with Gasteiger partial charge in [0.1, 0.15) is 0 Å². The van der Waals surface area contributed by atoms with Crippen LogP contribution in [0.3, 0.4) is 0 Å². The maximum atomic E-state index is 12.0. The van der Waals surface area contributed by atoms with Gasteiger partial charge in [0.15, 0.2) is 0 Å². The molecule has 0 aromatic carbocycles. The third-order valence-corrected chi connectivity index (χ3v) is 3.67. The second-order valence-electron chi connectivity index (χ2n) is 5.18. The summed E-state index contributed by atoms with van der Waals surface area (Å²) in [6, 6.07) is 1.17. The van der Waals surface area contributed by atoms with E-state index >= 15 is 0 Å². The second-order valence-corrected chi connectivity index (χ2v) is 5.18. The number of rotatable bonds is 6. The van der Waals surface area contributed by atoms with Crippen LogP contribution in [0.1, 0.15) is 51.9 Å². The summed E-state index contributed by atoms with van der Waals surface area (Å²) in [4.78, 5) is 14.1. The van der Waals surface area contributed by atoms with Crippen LogP contribution in [-0.4, -0.2) is 36.0 Å². The molecule has 1 N–H and O–H groups in total. The van der Waals surface area contributed by atoms with Crippen molar-refractivity contribution >= 4 is 5.91 Å². The molecule has 2 aliphatic rings. The second kappa shape index (κ2) is 5.67. The zero-order chi connectivity index (χ0) is 11.4. The first-order valence-electron chi connectivity index (χ1n) is 6.84. The molecule has 16 heavy (non-hydrogen) atoms. The van der Waals surface area contributed by atoms with E-state index in [1.165, 1.54) is 38.5 Å². The van der Waals surface area contributed by atoms with Gasteiger partial charge in [0.05, 0.1) is 6.54 Å². The topological polar surface area (TPSA) is 32.3 Å². The van der Waals surface area contributed by atoms with E-state index < -0.39 is 0 Å². The summed E-state index contributed by atoms with van der Waals surface area (Å²) in [6.07, 6.45) is 8.67. The van der Waals surface area contributed by atoms with Crippen molar-refractivity contribution in [3.63, 3.8) is 0 Å². The summed E-state index contributed by atoms with van der Waals surface area (Å²) in [5.41, 5.74) is 0. The monoisotopic (exact) mass is 224 g/mol. The predicted octanol–water partition coefficient (Wildman–Crippen LogP) is 1.92. The molecule has 0 unspecified atom stereocenters. The number of hydrogen-bond donors (Lipinski definition) is 1. The van der Waals surface area contributed by atoms with Gasteiger partial charge < -0.3 is 10.2 Å². The Morgan fingerprint density at radius 1 is 1.25 bits per heavy atom. The van der Waals surface area contributed by atoms with E-state index in [0.29, 0.717) is 24.5 Å². The lowest BCUT2D eigenvalue weighted by molar-refractivity contribution is -0.131. The number of nitrogens with one attached hydrogen (secondary N) is 1. The van der Waals surface area contributed by atoms with Gasteiger partial charge in [-0.25, -0.2) is 0 Å². The molecule has 2 fully saturated rings. The van der Waals surface area contributed by atoms with Gasteiger partial charge in [0, 0.05) is 18.6 Å². The van der Waals surface area contributed by atoms with Crippen LogP contribution in [-0.2, 0) is 4.79 Å². The van der Waals surface area contributed by atoms with E-state index in [2.05, 4.69) is 17.1 Å². The van der Waals surface area contributed by atoms with Crippen molar-refractivity contribution in [1.82, 2.24) is 10.2 Å². The summed E-state index contributed by atoms with van der Waals surface area (Å²) < 4.78 is 0. The van der Waals surface area contributed by atoms with Crippen molar-refractivity contribution in [1.29, 1.82) is 0 Å². The molecule has 2 aliphatic carbocycles. The molecule has 0 spiro atoms. The molecule has 0 heterocycles. The summed E-state index contributed by atoms with van der Waals surface area (Å²) >= 11 is 0. The third-order valence-electron chi connectivity index (χ3n) is 3.67. The average molecular weight is 224 g/mol. The average Bonchev–Trinajstić information content (AvgIpc) is 2.99. The Kier molecular flexibility index (Phi) is 4.22. The summed E-state index contributed by atoms with van der Waals surface area (Å²) in [5, 5.41) is 3.41. The van der Waals surface area contributed by atoms with E-state index in [0.717, 1.165) is 13.0 Å². The largest absolute Gasteiger partial charge is 0.339 e. The van der Waals surface area contributed by atoms with Crippen molar-refractivity contribution in [2.75, 3.05) is 13.1 Å². The van der Waals surface area contributed by atoms with Crippen molar-refractivity contribution in [2.45, 2.75) is 64.0 Å². The minimum Gasteiger partial charge on any atom is -0.339 e. The van der Waals surface area contributed by atoms with Gasteiger partial charge in [0.25, 0.3) is 0 Å². The van der Waals surface area contributed by atoms with E-state index in [9.17, 15) is 4.79 Å². The van der Waals surface area contributed by atoms with Gasteiger partial charge in [-0.3, -0.25) is 4.79 Å². The van der Waals surface area contributed by atoms with E-state index in [1.54, 1.807) is 0 Å². The Hall–Kier alpha value is -0.570. The Morgan fingerprint density at radius 2 is 1.94 bits per heavy atom. The molecule has 0 aromatic heterocycles. The molecule has 3 heteroatoms. The molecule has 0 aliphatic heterocycles. The Labute approximate surface area is 98.6 Å². The van der Waals surface area contributed by atoms with Gasteiger partial charge in [-0.1, -0.05) is 19.8 Å². The highest BCUT2D eigenvalue weighted by molar-refractivity contribution is 5.79. The first kappa shape index (κ1) is 11.9. The fraction of sp³-hybridized carbons (Fsp3) is 0.923. The number of hydrogen-bond acceptors (Lipinski definition) is 2. The van der Waals surface area contributed by atoms with Gasteiger partial charge >= 0.3 is 0 Å². The number of amides is 1. The van der Waals surface area contributed by atoms with Crippen molar-refractivity contribution in [3.05, 3.63) is 0 Å². The number of carbonyl (C=O) groups excluding carboxylic acids is 1. The smallest absolute Gasteiger partial charge is 0.236 e. The molecular weight excluding hydrogens is 200 g/mol. The van der Waals surface area contributed by atoms with Crippen LogP contribution in [0.25, 0.3) is 0 Å². The van der Waals surface area contributed by atoms with Crippen LogP contribution in [0.15, 0.2) is 0 Å². The van der Waals surface area contributed by atoms with Gasteiger partial charge in [-0.2, -0.15) is 0 Å². The van der Waals surface area contributed by atoms with E-state index in [4.69, 9.17) is 0 Å². The van der Waals surface area contributed by atoms with E-state index in [1.807, 2.05) is 0 Å². The molecule has 3 nitrogen and oxygen atoms in total. The maximum absolute atomic E-state index is 12.0. The highest BCUT2D eigenvalue weighted by Gasteiger charge is 2.31. The Bertz CT molecular complexity index is 232. The lowest BCUT2D eigenvalue weighted by Gasteiger charge is -2.23. The predicted molar refractivity (Wildman–Crippen MR) is 65.3 cm³/mol. The minimum absolute atomic E-state index is 0.316. The lowest BCUT2D eigenvalue weighted by Crippen LogP contribution is -2.42. The van der Waals surface area contributed by atoms with Crippen LogP contribution in [0, 0.1) is 0 Å². The van der Waals surface area contributed by atoms with Crippen molar-refractivity contribution < 1.29 is 4.79 Å². The third kappa shape index (κ3) is 3.21. The molecule has 0 saturated heterocycles. The minimum atomic E-state index is 0.316. The normalized spacial score (nSPS) is 21.3. The fourth-order valence-corrected chi connectivity index (χ4v) is 2.60. The molecule has 0 radical (unpaired) electrons. The Balaban J connectivity index is 1.71. The van der Waals surface area contributed by atoms with Gasteiger partial charge in [-0.05, 0) is 32.1 Å². The van der Waals surface area contributed by atoms with Gasteiger partial charge in [-0.15, -0.1) is 0 Å². The first-order valence-corrected chi connectivity index (χ1v) is 6.84. The zero-order valence-corrected chi connectivity index (χ0v) is 10.4. The lowest BCUT2D eigenvalue weighted by atomic mass is 10.2. The van der Waals surface area contributed by atoms with Crippen LogP contribution >= 0.6 is 0 Å². The number of nitrogens with zero attached hydrogens (tertiary/aromatic N) is 1. The zero-order valence-electron chi connectivity index (χ0n) is 10.4. The Morgan fingerprint density at radius 3 is 2.50 bits per heavy atom. The SMILES string of the molecule is CCCN(C(=O)CNC1CCCC1)C1CC1. The van der Waals surface area contributed by atoms with Crippen LogP contribution in [0.4, 0.5) is 0 Å². The molecule has 92 valence electrons. The summed E-state index contributed by atoms with van der Waals surface area (Å²) in [7, 11) is 0. The van der Waals surface area contributed by atoms with Crippen LogP contribution < -0.4 is 5.32 Å². The number of carbonyl (C=O) groups is 1. The molecule has 0 bridgehead atoms. The molecule has 2 saturated carbocycles. The maximum Gasteiger partial charge on any atom is 0.236 e. The highest BCUT2D eigenvalue weighted by Crippen LogP contribution is 2.27. The quantitative estimate of drug-likeness (QED) is 0.747. The first-order chi connectivity index (χ1) is 7.81. The summed E-state index contributed by atoms with van der Waals surface area (Å²) in [6.45, 7) is 3.64. The molecule has 2 rings (SSSR count). The van der Waals surface area contributed by atoms with E-state index in [-0.39, 0.29) is 0 Å².